The predicted octanol–water partition coefficient (Wildman–Crippen LogP) is 4.59. The SMILES string of the molecule is O=C1C(=Cc2cccs2)CSCC1=Cc1cccs1. The third-order valence-electron chi connectivity index (χ3n) is 2.82. The van der Waals surface area contributed by atoms with Gasteiger partial charge in [0, 0.05) is 32.4 Å². The van der Waals surface area contributed by atoms with Crippen LogP contribution in [0.3, 0.4) is 0 Å². The molecule has 1 aliphatic rings. The van der Waals surface area contributed by atoms with Crippen LogP contribution >= 0.6 is 34.4 Å². The highest BCUT2D eigenvalue weighted by atomic mass is 32.2. The van der Waals surface area contributed by atoms with Crippen molar-refractivity contribution in [3.8, 4) is 0 Å². The molecule has 19 heavy (non-hydrogen) atoms. The van der Waals surface area contributed by atoms with Gasteiger partial charge in [-0.25, -0.2) is 0 Å². The summed E-state index contributed by atoms with van der Waals surface area (Å²) in [6, 6.07) is 8.12. The van der Waals surface area contributed by atoms with E-state index in [4.69, 9.17) is 0 Å². The fourth-order valence-corrected chi connectivity index (χ4v) is 4.25. The number of ketones is 1. The van der Waals surface area contributed by atoms with Crippen LogP contribution in [0.15, 0.2) is 46.2 Å². The monoisotopic (exact) mass is 304 g/mol. The minimum atomic E-state index is 0.209. The van der Waals surface area contributed by atoms with E-state index in [1.165, 1.54) is 0 Å². The van der Waals surface area contributed by atoms with Gasteiger partial charge in [-0.1, -0.05) is 12.1 Å². The van der Waals surface area contributed by atoms with Gasteiger partial charge < -0.3 is 0 Å². The minimum absolute atomic E-state index is 0.209. The Morgan fingerprint density at radius 1 is 0.895 bits per heavy atom. The average Bonchev–Trinajstić information content (AvgIpc) is 3.07. The quantitative estimate of drug-likeness (QED) is 0.755. The summed E-state index contributed by atoms with van der Waals surface area (Å²) < 4.78 is 0. The van der Waals surface area contributed by atoms with Crippen LogP contribution in [0.1, 0.15) is 9.75 Å². The average molecular weight is 304 g/mol. The van der Waals surface area contributed by atoms with Gasteiger partial charge in [0.25, 0.3) is 0 Å². The lowest BCUT2D eigenvalue weighted by atomic mass is 10.0. The normalized spacial score (nSPS) is 20.3. The molecule has 1 nitrogen and oxygen atoms in total. The zero-order valence-electron chi connectivity index (χ0n) is 10.2. The summed E-state index contributed by atoms with van der Waals surface area (Å²) in [5.74, 6) is 1.84. The molecule has 0 unspecified atom stereocenters. The Bertz CT molecular complexity index is 564. The summed E-state index contributed by atoms with van der Waals surface area (Å²) in [4.78, 5) is 14.7. The van der Waals surface area contributed by atoms with E-state index in [0.717, 1.165) is 32.4 Å². The maximum absolute atomic E-state index is 12.4. The molecule has 1 aliphatic heterocycles. The van der Waals surface area contributed by atoms with E-state index in [0.29, 0.717) is 0 Å². The Balaban J connectivity index is 1.87. The maximum atomic E-state index is 12.4. The molecule has 3 heterocycles. The maximum Gasteiger partial charge on any atom is 0.186 e. The smallest absolute Gasteiger partial charge is 0.186 e. The molecule has 0 saturated carbocycles. The summed E-state index contributed by atoms with van der Waals surface area (Å²) in [5, 5.41) is 4.07. The van der Waals surface area contributed by atoms with Crippen molar-refractivity contribution in [2.45, 2.75) is 0 Å². The number of hydrogen-bond donors (Lipinski definition) is 0. The molecule has 3 rings (SSSR count). The molecule has 96 valence electrons. The summed E-state index contributed by atoms with van der Waals surface area (Å²) in [6.07, 6.45) is 4.06. The molecule has 0 aliphatic carbocycles. The number of carbonyl (C=O) groups is 1. The molecular weight excluding hydrogens is 292 g/mol. The van der Waals surface area contributed by atoms with E-state index in [2.05, 4.69) is 0 Å². The lowest BCUT2D eigenvalue weighted by molar-refractivity contribution is -0.112. The van der Waals surface area contributed by atoms with Gasteiger partial charge in [0.1, 0.15) is 0 Å². The minimum Gasteiger partial charge on any atom is -0.289 e. The van der Waals surface area contributed by atoms with Crippen molar-refractivity contribution in [1.82, 2.24) is 0 Å². The van der Waals surface area contributed by atoms with Gasteiger partial charge in [-0.3, -0.25) is 4.79 Å². The first-order valence-electron chi connectivity index (χ1n) is 5.93. The summed E-state index contributed by atoms with van der Waals surface area (Å²) in [7, 11) is 0. The number of carbonyl (C=O) groups excluding carboxylic acids is 1. The largest absolute Gasteiger partial charge is 0.289 e. The van der Waals surface area contributed by atoms with E-state index in [-0.39, 0.29) is 5.78 Å². The standard InChI is InChI=1S/C15H12OS3/c16-15-11(7-13-3-1-5-18-13)9-17-10-12(15)8-14-4-2-6-19-14/h1-8H,9-10H2. The van der Waals surface area contributed by atoms with E-state index >= 15 is 0 Å². The molecule has 2 aromatic heterocycles. The first-order valence-corrected chi connectivity index (χ1v) is 8.85. The molecule has 0 bridgehead atoms. The molecule has 0 aromatic carbocycles. The van der Waals surface area contributed by atoms with Crippen molar-refractivity contribution in [3.05, 3.63) is 55.9 Å². The summed E-state index contributed by atoms with van der Waals surface area (Å²) in [5.41, 5.74) is 1.84. The van der Waals surface area contributed by atoms with Gasteiger partial charge in [-0.05, 0) is 35.0 Å². The molecule has 4 heteroatoms. The zero-order chi connectivity index (χ0) is 13.1. The van der Waals surface area contributed by atoms with Gasteiger partial charge >= 0.3 is 0 Å². The lowest BCUT2D eigenvalue weighted by Crippen LogP contribution is -2.15. The van der Waals surface area contributed by atoms with Crippen LogP contribution in [-0.4, -0.2) is 17.3 Å². The van der Waals surface area contributed by atoms with Crippen molar-refractivity contribution >= 4 is 52.4 Å². The van der Waals surface area contributed by atoms with Crippen LogP contribution in [0, 0.1) is 0 Å². The Labute approximate surface area is 124 Å². The highest BCUT2D eigenvalue weighted by Gasteiger charge is 2.21. The highest BCUT2D eigenvalue weighted by Crippen LogP contribution is 2.28. The number of thiophene rings is 2. The molecule has 2 aromatic rings. The fourth-order valence-electron chi connectivity index (χ4n) is 1.91. The second-order valence-electron chi connectivity index (χ2n) is 4.19. The second-order valence-corrected chi connectivity index (χ2v) is 7.14. The van der Waals surface area contributed by atoms with Crippen LogP contribution < -0.4 is 0 Å². The van der Waals surface area contributed by atoms with Crippen molar-refractivity contribution in [2.75, 3.05) is 11.5 Å². The summed E-state index contributed by atoms with van der Waals surface area (Å²) in [6.45, 7) is 0. The van der Waals surface area contributed by atoms with Gasteiger partial charge in [0.15, 0.2) is 5.78 Å². The third-order valence-corrected chi connectivity index (χ3v) is 5.49. The van der Waals surface area contributed by atoms with Gasteiger partial charge in [-0.15, -0.1) is 22.7 Å². The first kappa shape index (κ1) is 12.9. The Morgan fingerprint density at radius 3 is 1.84 bits per heavy atom. The molecule has 0 radical (unpaired) electrons. The topological polar surface area (TPSA) is 17.1 Å². The van der Waals surface area contributed by atoms with Crippen LogP contribution in [0.2, 0.25) is 0 Å². The lowest BCUT2D eigenvalue weighted by Gasteiger charge is -2.15. The predicted molar refractivity (Wildman–Crippen MR) is 86.9 cm³/mol. The van der Waals surface area contributed by atoms with Crippen molar-refractivity contribution < 1.29 is 4.79 Å². The van der Waals surface area contributed by atoms with Crippen molar-refractivity contribution in [3.63, 3.8) is 0 Å². The number of hydrogen-bond acceptors (Lipinski definition) is 4. The van der Waals surface area contributed by atoms with E-state index in [9.17, 15) is 4.79 Å². The fraction of sp³-hybridized carbons (Fsp3) is 0.133. The highest BCUT2D eigenvalue weighted by molar-refractivity contribution is 7.99. The second kappa shape index (κ2) is 5.90. The molecule has 1 fully saturated rings. The van der Waals surface area contributed by atoms with Gasteiger partial charge in [0.05, 0.1) is 0 Å². The van der Waals surface area contributed by atoms with Crippen molar-refractivity contribution in [1.29, 1.82) is 0 Å². The molecule has 0 spiro atoms. The van der Waals surface area contributed by atoms with E-state index in [1.54, 1.807) is 22.7 Å². The van der Waals surface area contributed by atoms with Crippen molar-refractivity contribution in [2.24, 2.45) is 0 Å². The molecule has 0 amide bonds. The number of thioether (sulfide) groups is 1. The van der Waals surface area contributed by atoms with Gasteiger partial charge in [-0.2, -0.15) is 11.8 Å². The van der Waals surface area contributed by atoms with E-state index in [1.807, 2.05) is 58.9 Å². The zero-order valence-corrected chi connectivity index (χ0v) is 12.6. The Hall–Kier alpha value is -1.10. The van der Waals surface area contributed by atoms with Crippen LogP contribution in [-0.2, 0) is 4.79 Å². The third kappa shape index (κ3) is 3.08. The number of Topliss-reactive ketones (excluding diaryl/α,β-unsaturated/α-hetero) is 1. The molecule has 0 N–H and O–H groups in total. The Morgan fingerprint density at radius 2 is 1.42 bits per heavy atom. The van der Waals surface area contributed by atoms with Crippen LogP contribution in [0.25, 0.3) is 12.2 Å². The number of rotatable bonds is 2. The van der Waals surface area contributed by atoms with Crippen LogP contribution in [0.4, 0.5) is 0 Å². The first-order chi connectivity index (χ1) is 9.33. The Kier molecular flexibility index (Phi) is 4.01. The molecule has 0 atom stereocenters. The summed E-state index contributed by atoms with van der Waals surface area (Å²) >= 11 is 5.15. The van der Waals surface area contributed by atoms with Crippen LogP contribution in [0.5, 0.6) is 0 Å². The molecular formula is C15H12OS3. The van der Waals surface area contributed by atoms with Gasteiger partial charge in [0.2, 0.25) is 0 Å². The van der Waals surface area contributed by atoms with E-state index < -0.39 is 0 Å². The molecule has 1 saturated heterocycles.